The van der Waals surface area contributed by atoms with Gasteiger partial charge in [-0.05, 0) is 111 Å². The summed E-state index contributed by atoms with van der Waals surface area (Å²) in [5, 5.41) is -9.14. The van der Waals surface area contributed by atoms with E-state index in [2.05, 4.69) is 193 Å². The first-order valence-corrected chi connectivity index (χ1v) is 30.1. The standard InChI is InChI=1S/2C19H17S.2C9H8F2O5S.CHF3O3S.Na/c2*1-16-12-14-19(15-13-16)20(17-8-4-2-5-9-17)18-10-6-3-7-11-18;2*10-9(11,17(13,14)15)6-16-8(12)7-4-2-1-3-5-7;2-1(3,4)8(5,6)7;/h2*2-15H,1H3;2*1-5H,6H2,(H,13,14,15);(H,5,6,7);/q2*+1;;;;+1/p-2. The molecule has 8 aromatic rings. The molecule has 0 atom stereocenters. The molecule has 0 saturated heterocycles. The predicted molar refractivity (Wildman–Crippen MR) is 293 cm³/mol. The Kier molecular flexibility index (Phi) is 27.9. The molecular weight excluding hydrogens is 1210 g/mol. The summed E-state index contributed by atoms with van der Waals surface area (Å²) in [4.78, 5) is 30.5. The maximum Gasteiger partial charge on any atom is 1.00 e. The average Bonchev–Trinajstić information content (AvgIpc) is 3.46. The number of alkyl halides is 7. The van der Waals surface area contributed by atoms with Crippen LogP contribution in [0.15, 0.2) is 260 Å². The SMILES string of the molecule is Cc1ccc([S+](c2ccccc2)c2ccccc2)cc1.Cc1ccc([S+](c2ccccc2)c2ccccc2)cc1.O=C(OCC(F)(F)S(=O)(=O)O)c1ccccc1.O=C(OCC(F)(F)S(=O)(=O)[O-])c1ccccc1.O=S(=O)([O-])C(F)(F)F.[Na+]. The van der Waals surface area contributed by atoms with E-state index < -0.39 is 71.5 Å². The van der Waals surface area contributed by atoms with Crippen LogP contribution in [0.4, 0.5) is 30.7 Å². The molecule has 0 unspecified atom stereocenters. The third-order valence-corrected chi connectivity index (χ3v) is 17.0. The monoisotopic (exact) mass is 1260 g/mol. The second-order valence-electron chi connectivity index (χ2n) is 16.5. The van der Waals surface area contributed by atoms with Gasteiger partial charge in [0.15, 0.2) is 62.8 Å². The van der Waals surface area contributed by atoms with Gasteiger partial charge in [-0.15, -0.1) is 0 Å². The van der Waals surface area contributed by atoms with Crippen LogP contribution in [-0.4, -0.2) is 80.1 Å². The van der Waals surface area contributed by atoms with Gasteiger partial charge < -0.3 is 18.6 Å². The summed E-state index contributed by atoms with van der Waals surface area (Å²) in [6.45, 7) is 0.728. The molecular formula is C57H49F7NaO13S5+. The minimum Gasteiger partial charge on any atom is -0.743 e. The number of aryl methyl sites for hydroxylation is 2. The maximum absolute atomic E-state index is 12.7. The number of ether oxygens (including phenoxy) is 2. The van der Waals surface area contributed by atoms with E-state index in [-0.39, 0.29) is 62.5 Å². The van der Waals surface area contributed by atoms with Crippen LogP contribution in [-0.2, 0) is 61.6 Å². The van der Waals surface area contributed by atoms with E-state index in [1.54, 1.807) is 12.1 Å². The van der Waals surface area contributed by atoms with Gasteiger partial charge >= 0.3 is 67.6 Å². The van der Waals surface area contributed by atoms with E-state index in [1.165, 1.54) is 89.0 Å². The van der Waals surface area contributed by atoms with Crippen molar-refractivity contribution in [3.8, 4) is 0 Å². The number of hydrogen-bond acceptors (Lipinski definition) is 12. The van der Waals surface area contributed by atoms with Crippen molar-refractivity contribution in [2.24, 2.45) is 0 Å². The van der Waals surface area contributed by atoms with Crippen molar-refractivity contribution >= 4 is 64.1 Å². The van der Waals surface area contributed by atoms with Gasteiger partial charge in [-0.3, -0.25) is 4.55 Å². The van der Waals surface area contributed by atoms with E-state index in [0.29, 0.717) is 0 Å². The van der Waals surface area contributed by atoms with Gasteiger partial charge in [0.25, 0.3) is 0 Å². The quantitative estimate of drug-likeness (QED) is 0.0268. The molecule has 0 spiro atoms. The molecule has 8 aromatic carbocycles. The van der Waals surface area contributed by atoms with Gasteiger partial charge in [0.1, 0.15) is 0 Å². The van der Waals surface area contributed by atoms with Crippen LogP contribution in [0.1, 0.15) is 31.8 Å². The van der Waals surface area contributed by atoms with Crippen LogP contribution < -0.4 is 29.6 Å². The molecule has 434 valence electrons. The molecule has 0 aliphatic heterocycles. The van der Waals surface area contributed by atoms with E-state index >= 15 is 0 Å². The van der Waals surface area contributed by atoms with Crippen LogP contribution in [0, 0.1) is 13.8 Å². The zero-order chi connectivity index (χ0) is 60.8. The molecule has 1 N–H and O–H groups in total. The molecule has 83 heavy (non-hydrogen) atoms. The van der Waals surface area contributed by atoms with Gasteiger partial charge in [0, 0.05) is 0 Å². The molecule has 0 radical (unpaired) electrons. The first-order valence-electron chi connectivity index (χ1n) is 23.4. The molecule has 0 fully saturated rings. The van der Waals surface area contributed by atoms with Crippen LogP contribution in [0.25, 0.3) is 0 Å². The molecule has 0 aliphatic rings. The Bertz CT molecular complexity index is 3290. The van der Waals surface area contributed by atoms with Gasteiger partial charge in [-0.1, -0.05) is 145 Å². The summed E-state index contributed by atoms with van der Waals surface area (Å²) in [6.07, 6.45) is 0. The Labute approximate surface area is 503 Å². The fraction of sp³-hybridized carbons (Fsp3) is 0.123. The molecule has 0 bridgehead atoms. The third-order valence-electron chi connectivity index (χ3n) is 10.2. The largest absolute Gasteiger partial charge is 1.00 e. The van der Waals surface area contributed by atoms with Gasteiger partial charge in [-0.25, -0.2) is 26.4 Å². The van der Waals surface area contributed by atoms with Crippen molar-refractivity contribution in [2.45, 2.75) is 59.2 Å². The molecule has 13 nitrogen and oxygen atoms in total. The minimum absolute atomic E-state index is 0. The topological polar surface area (TPSA) is 221 Å². The smallest absolute Gasteiger partial charge is 0.743 e. The van der Waals surface area contributed by atoms with Crippen molar-refractivity contribution in [3.05, 3.63) is 253 Å². The zero-order valence-corrected chi connectivity index (χ0v) is 50.0. The summed E-state index contributed by atoms with van der Waals surface area (Å²) < 4.78 is 177. The molecule has 0 heterocycles. The first kappa shape index (κ1) is 70.9. The Morgan fingerprint density at radius 2 is 0.614 bits per heavy atom. The van der Waals surface area contributed by atoms with Crippen LogP contribution in [0.5, 0.6) is 0 Å². The van der Waals surface area contributed by atoms with Crippen molar-refractivity contribution in [1.29, 1.82) is 0 Å². The number of benzene rings is 8. The van der Waals surface area contributed by atoms with Crippen molar-refractivity contribution in [1.82, 2.24) is 0 Å². The number of hydrogen-bond donors (Lipinski definition) is 1. The summed E-state index contributed by atoms with van der Waals surface area (Å²) in [5.41, 5.74) is -3.06. The number of halogens is 7. The van der Waals surface area contributed by atoms with E-state index in [1.807, 2.05) is 0 Å². The Morgan fingerprint density at radius 1 is 0.398 bits per heavy atom. The second-order valence-corrected chi connectivity index (χ2v) is 25.0. The number of carbonyl (C=O) groups excluding carboxylic acids is 2. The average molecular weight is 1260 g/mol. The number of esters is 2. The summed E-state index contributed by atoms with van der Waals surface area (Å²) in [7, 11) is -17.6. The normalized spacial score (nSPS) is 11.5. The summed E-state index contributed by atoms with van der Waals surface area (Å²) in [5.74, 6) is -2.23. The maximum atomic E-state index is 12.7. The molecule has 0 amide bonds. The Hall–Kier alpha value is -6.36. The fourth-order valence-electron chi connectivity index (χ4n) is 6.15. The van der Waals surface area contributed by atoms with Crippen LogP contribution in [0.3, 0.4) is 0 Å². The molecule has 8 rings (SSSR count). The minimum atomic E-state index is -6.09. The molecule has 0 saturated carbocycles. The van der Waals surface area contributed by atoms with E-state index in [0.717, 1.165) is 0 Å². The number of carbonyl (C=O) groups is 2. The molecule has 26 heteroatoms. The first-order chi connectivity index (χ1) is 38.4. The predicted octanol–water partition coefficient (Wildman–Crippen LogP) is 9.54. The summed E-state index contributed by atoms with van der Waals surface area (Å²) >= 11 is 0. The zero-order valence-electron chi connectivity index (χ0n) is 43.9. The van der Waals surface area contributed by atoms with Gasteiger partial charge in [-0.2, -0.15) is 39.2 Å². The Morgan fingerprint density at radius 3 is 0.831 bits per heavy atom. The fourth-order valence-corrected chi connectivity index (χ4v) is 10.7. The number of rotatable bonds is 14. The summed E-state index contributed by atoms with van der Waals surface area (Å²) in [6, 6.07) is 75.1. The van der Waals surface area contributed by atoms with Crippen LogP contribution in [0.2, 0.25) is 0 Å². The van der Waals surface area contributed by atoms with Crippen molar-refractivity contribution in [2.75, 3.05) is 13.2 Å². The van der Waals surface area contributed by atoms with Gasteiger partial charge in [0.2, 0.25) is 0 Å². The third kappa shape index (κ3) is 23.3. The van der Waals surface area contributed by atoms with Crippen LogP contribution >= 0.6 is 0 Å². The van der Waals surface area contributed by atoms with E-state index in [4.69, 9.17) is 17.5 Å². The van der Waals surface area contributed by atoms with Crippen molar-refractivity contribution in [3.63, 3.8) is 0 Å². The van der Waals surface area contributed by atoms with Crippen molar-refractivity contribution < 1.29 is 118 Å². The molecule has 0 aromatic heterocycles. The van der Waals surface area contributed by atoms with Gasteiger partial charge in [0.05, 0.1) is 32.9 Å². The Balaban J connectivity index is 0.000000278. The second kappa shape index (κ2) is 32.6. The molecule has 0 aliphatic carbocycles. The van der Waals surface area contributed by atoms with E-state index in [9.17, 15) is 61.7 Å².